The van der Waals surface area contributed by atoms with Crippen molar-refractivity contribution in [3.63, 3.8) is 0 Å². The molecule has 0 spiro atoms. The highest BCUT2D eigenvalue weighted by Gasteiger charge is 2.17. The van der Waals surface area contributed by atoms with E-state index in [1.807, 2.05) is 24.1 Å². The maximum atomic E-state index is 10.9. The molecule has 0 bridgehead atoms. The lowest BCUT2D eigenvalue weighted by atomic mass is 10.2. The molecule has 0 saturated carbocycles. The van der Waals surface area contributed by atoms with Crippen molar-refractivity contribution in [1.82, 2.24) is 9.97 Å². The van der Waals surface area contributed by atoms with Crippen molar-refractivity contribution in [2.75, 3.05) is 11.9 Å². The predicted octanol–water partition coefficient (Wildman–Crippen LogP) is 2.53. The molecule has 2 heterocycles. The molecule has 2 aromatic rings. The summed E-state index contributed by atoms with van der Waals surface area (Å²) >= 11 is 6.83. The van der Waals surface area contributed by atoms with Gasteiger partial charge in [-0.15, -0.1) is 0 Å². The van der Waals surface area contributed by atoms with E-state index in [1.165, 1.54) is 0 Å². The minimum absolute atomic E-state index is 0.0316. The average Bonchev–Trinajstić information content (AvgIpc) is 2.73. The molecule has 0 aromatic carbocycles. The zero-order valence-corrected chi connectivity index (χ0v) is 11.1. The molecule has 1 N–H and O–H groups in total. The van der Waals surface area contributed by atoms with Crippen molar-refractivity contribution in [3.8, 4) is 0 Å². The highest BCUT2D eigenvalue weighted by molar-refractivity contribution is 7.18. The fourth-order valence-corrected chi connectivity index (χ4v) is 2.50. The molecule has 94 valence electrons. The number of anilines is 1. The van der Waals surface area contributed by atoms with Crippen LogP contribution in [-0.2, 0) is 6.54 Å². The summed E-state index contributed by atoms with van der Waals surface area (Å²) in [7, 11) is 1.83. The fourth-order valence-electron chi connectivity index (χ4n) is 1.42. The highest BCUT2D eigenvalue weighted by Crippen LogP contribution is 2.29. The molecule has 18 heavy (non-hydrogen) atoms. The highest BCUT2D eigenvalue weighted by atomic mass is 35.5. The number of nitrogens with zero attached hydrogens (tertiary/aromatic N) is 3. The van der Waals surface area contributed by atoms with Gasteiger partial charge in [0, 0.05) is 26.0 Å². The SMILES string of the molecule is CN(Cc1ccncc1)c1nc(Cl)c(C(=O)O)s1. The van der Waals surface area contributed by atoms with Gasteiger partial charge in [0.15, 0.2) is 15.2 Å². The van der Waals surface area contributed by atoms with Gasteiger partial charge in [0.25, 0.3) is 0 Å². The van der Waals surface area contributed by atoms with Gasteiger partial charge in [-0.2, -0.15) is 0 Å². The quantitative estimate of drug-likeness (QED) is 0.934. The maximum absolute atomic E-state index is 10.9. The van der Waals surface area contributed by atoms with Gasteiger partial charge < -0.3 is 10.0 Å². The number of thiazole rings is 1. The van der Waals surface area contributed by atoms with Gasteiger partial charge in [-0.25, -0.2) is 9.78 Å². The number of rotatable bonds is 4. The first-order valence-electron chi connectivity index (χ1n) is 5.07. The zero-order chi connectivity index (χ0) is 13.1. The molecule has 0 unspecified atom stereocenters. The largest absolute Gasteiger partial charge is 0.477 e. The van der Waals surface area contributed by atoms with Crippen LogP contribution in [0.25, 0.3) is 0 Å². The van der Waals surface area contributed by atoms with E-state index in [0.717, 1.165) is 16.9 Å². The van der Waals surface area contributed by atoms with Crippen molar-refractivity contribution in [1.29, 1.82) is 0 Å². The number of carbonyl (C=O) groups is 1. The minimum Gasteiger partial charge on any atom is -0.477 e. The number of pyridine rings is 1. The Morgan fingerprint density at radius 1 is 1.50 bits per heavy atom. The van der Waals surface area contributed by atoms with E-state index in [2.05, 4.69) is 9.97 Å². The molecule has 2 aromatic heterocycles. The Kier molecular flexibility index (Phi) is 3.78. The van der Waals surface area contributed by atoms with E-state index >= 15 is 0 Å². The van der Waals surface area contributed by atoms with Crippen molar-refractivity contribution < 1.29 is 9.90 Å². The third kappa shape index (κ3) is 2.77. The predicted molar refractivity (Wildman–Crippen MR) is 70.4 cm³/mol. The lowest BCUT2D eigenvalue weighted by molar-refractivity contribution is 0.0702. The van der Waals surface area contributed by atoms with Crippen LogP contribution in [0.2, 0.25) is 5.15 Å². The molecule has 2 rings (SSSR count). The Balaban J connectivity index is 2.17. The van der Waals surface area contributed by atoms with Crippen LogP contribution in [0.5, 0.6) is 0 Å². The fraction of sp³-hybridized carbons (Fsp3) is 0.182. The Morgan fingerprint density at radius 2 is 2.17 bits per heavy atom. The third-order valence-electron chi connectivity index (χ3n) is 2.26. The molecule has 7 heteroatoms. The van der Waals surface area contributed by atoms with Crippen molar-refractivity contribution >= 4 is 34.0 Å². The summed E-state index contributed by atoms with van der Waals surface area (Å²) in [5.74, 6) is -1.05. The Bertz CT molecular complexity index is 559. The summed E-state index contributed by atoms with van der Waals surface area (Å²) < 4.78 is 0. The molecule has 0 aliphatic heterocycles. The van der Waals surface area contributed by atoms with Crippen LogP contribution in [-0.4, -0.2) is 28.1 Å². The normalized spacial score (nSPS) is 10.3. The van der Waals surface area contributed by atoms with E-state index in [1.54, 1.807) is 12.4 Å². The molecule has 0 aliphatic rings. The van der Waals surface area contributed by atoms with E-state index in [-0.39, 0.29) is 10.0 Å². The van der Waals surface area contributed by atoms with E-state index in [9.17, 15) is 4.79 Å². The van der Waals surface area contributed by atoms with E-state index in [0.29, 0.717) is 11.7 Å². The minimum atomic E-state index is -1.05. The van der Waals surface area contributed by atoms with Crippen molar-refractivity contribution in [2.24, 2.45) is 0 Å². The number of carboxylic acid groups (broad SMARTS) is 1. The first-order valence-corrected chi connectivity index (χ1v) is 6.27. The summed E-state index contributed by atoms with van der Waals surface area (Å²) in [4.78, 5) is 20.8. The Labute approximate surface area is 113 Å². The smallest absolute Gasteiger partial charge is 0.349 e. The summed E-state index contributed by atoms with van der Waals surface area (Å²) in [5, 5.41) is 9.52. The summed E-state index contributed by atoms with van der Waals surface area (Å²) in [5.41, 5.74) is 1.07. The van der Waals surface area contributed by atoms with Crippen molar-refractivity contribution in [2.45, 2.75) is 6.54 Å². The second-order valence-electron chi connectivity index (χ2n) is 3.63. The summed E-state index contributed by atoms with van der Waals surface area (Å²) in [6.45, 7) is 0.616. The van der Waals surface area contributed by atoms with Gasteiger partial charge in [0.05, 0.1) is 0 Å². The molecule has 0 aliphatic carbocycles. The van der Waals surface area contributed by atoms with Gasteiger partial charge in [0.1, 0.15) is 0 Å². The lowest BCUT2D eigenvalue weighted by Crippen LogP contribution is -2.15. The van der Waals surface area contributed by atoms with Gasteiger partial charge in [-0.1, -0.05) is 22.9 Å². The van der Waals surface area contributed by atoms with Gasteiger partial charge in [-0.05, 0) is 17.7 Å². The second kappa shape index (κ2) is 5.32. The second-order valence-corrected chi connectivity index (χ2v) is 4.97. The van der Waals surface area contributed by atoms with Crippen LogP contribution in [0.15, 0.2) is 24.5 Å². The van der Waals surface area contributed by atoms with Gasteiger partial charge >= 0.3 is 5.97 Å². The number of hydrogen-bond acceptors (Lipinski definition) is 5. The van der Waals surface area contributed by atoms with Gasteiger partial charge in [0.2, 0.25) is 0 Å². The van der Waals surface area contributed by atoms with Crippen LogP contribution in [0.4, 0.5) is 5.13 Å². The topological polar surface area (TPSA) is 66.3 Å². The Hall–Kier alpha value is -1.66. The Morgan fingerprint density at radius 3 is 2.72 bits per heavy atom. The first kappa shape index (κ1) is 12.8. The van der Waals surface area contributed by atoms with Crippen LogP contribution >= 0.6 is 22.9 Å². The maximum Gasteiger partial charge on any atom is 0.349 e. The van der Waals surface area contributed by atoms with Crippen molar-refractivity contribution in [3.05, 3.63) is 40.1 Å². The summed E-state index contributed by atoms with van der Waals surface area (Å²) in [6.07, 6.45) is 3.42. The zero-order valence-electron chi connectivity index (χ0n) is 9.50. The lowest BCUT2D eigenvalue weighted by Gasteiger charge is -2.15. The number of aromatic carboxylic acids is 1. The molecular weight excluding hydrogens is 274 g/mol. The standard InChI is InChI=1S/C11H10ClN3O2S/c1-15(6-7-2-4-13-5-3-7)11-14-9(12)8(18-11)10(16)17/h2-5H,6H2,1H3,(H,16,17). The average molecular weight is 284 g/mol. The molecule has 0 radical (unpaired) electrons. The third-order valence-corrected chi connectivity index (χ3v) is 3.81. The van der Waals surface area contributed by atoms with Crippen LogP contribution in [0.1, 0.15) is 15.2 Å². The molecule has 5 nitrogen and oxygen atoms in total. The molecule has 0 amide bonds. The number of halogens is 1. The van der Waals surface area contributed by atoms with Crippen LogP contribution in [0.3, 0.4) is 0 Å². The van der Waals surface area contributed by atoms with Gasteiger partial charge in [-0.3, -0.25) is 4.98 Å². The van der Waals surface area contributed by atoms with E-state index < -0.39 is 5.97 Å². The van der Waals surface area contributed by atoms with Crippen LogP contribution < -0.4 is 4.90 Å². The number of carboxylic acids is 1. The molecule has 0 fully saturated rings. The number of hydrogen-bond donors (Lipinski definition) is 1. The first-order chi connectivity index (χ1) is 8.58. The molecule has 0 saturated heterocycles. The summed E-state index contributed by atoms with van der Waals surface area (Å²) in [6, 6.07) is 3.79. The van der Waals surface area contributed by atoms with Crippen LogP contribution in [0, 0.1) is 0 Å². The van der Waals surface area contributed by atoms with E-state index in [4.69, 9.17) is 16.7 Å². The molecule has 0 atom stereocenters. The monoisotopic (exact) mass is 283 g/mol. The molecular formula is C11H10ClN3O2S. The number of aromatic nitrogens is 2.